The molecule has 0 aliphatic carbocycles. The molecule has 0 amide bonds. The van der Waals surface area contributed by atoms with Gasteiger partial charge in [0.05, 0.1) is 4.90 Å². The summed E-state index contributed by atoms with van der Waals surface area (Å²) >= 11 is 0. The molecule has 0 spiro atoms. The van der Waals surface area contributed by atoms with E-state index in [1.165, 1.54) is 6.21 Å². The van der Waals surface area contributed by atoms with Crippen LogP contribution in [0.5, 0.6) is 0 Å². The van der Waals surface area contributed by atoms with Crippen molar-refractivity contribution >= 4 is 16.2 Å². The van der Waals surface area contributed by atoms with Gasteiger partial charge >= 0.3 is 0 Å². The second kappa shape index (κ2) is 3.70. The largest absolute Gasteiger partial charge is 0.281 e. The average molecular weight is 197 g/mol. The number of rotatable bonds is 2. The molecule has 1 aromatic carbocycles. The number of sulfonamides is 1. The van der Waals surface area contributed by atoms with Crippen LogP contribution < -0.4 is 0 Å². The van der Waals surface area contributed by atoms with Crippen molar-refractivity contribution in [2.75, 3.05) is 0 Å². The van der Waals surface area contributed by atoms with Gasteiger partial charge < -0.3 is 0 Å². The molecule has 0 saturated carbocycles. The zero-order chi connectivity index (χ0) is 9.90. The van der Waals surface area contributed by atoms with Crippen LogP contribution in [0.1, 0.15) is 12.5 Å². The Balaban J connectivity index is 3.17. The van der Waals surface area contributed by atoms with E-state index in [4.69, 9.17) is 0 Å². The third-order valence-electron chi connectivity index (χ3n) is 1.56. The second-order valence-electron chi connectivity index (χ2n) is 2.65. The van der Waals surface area contributed by atoms with Crippen LogP contribution in [0.2, 0.25) is 0 Å². The molecule has 0 fully saturated rings. The predicted molar refractivity (Wildman–Crippen MR) is 52.5 cm³/mol. The molecule has 0 heterocycles. The summed E-state index contributed by atoms with van der Waals surface area (Å²) in [6.07, 6.45) is 1.27. The molecule has 0 aliphatic heterocycles. The third-order valence-corrected chi connectivity index (χ3v) is 2.92. The smallest absolute Gasteiger partial charge is 0.199 e. The summed E-state index contributed by atoms with van der Waals surface area (Å²) in [4.78, 5) is 0.233. The third kappa shape index (κ3) is 2.39. The van der Waals surface area contributed by atoms with Gasteiger partial charge in [-0.3, -0.25) is 0 Å². The van der Waals surface area contributed by atoms with Gasteiger partial charge in [-0.05, 0) is 26.0 Å². The van der Waals surface area contributed by atoms with E-state index in [9.17, 15) is 8.42 Å². The first-order valence-electron chi connectivity index (χ1n) is 3.88. The van der Waals surface area contributed by atoms with Crippen LogP contribution in [0.15, 0.2) is 33.6 Å². The topological polar surface area (TPSA) is 46.5 Å². The van der Waals surface area contributed by atoms with Gasteiger partial charge in [-0.15, -0.1) is 0 Å². The molecular formula is C9H11NO2S. The molecule has 0 aromatic heterocycles. The van der Waals surface area contributed by atoms with E-state index in [0.717, 1.165) is 5.56 Å². The van der Waals surface area contributed by atoms with Crippen molar-refractivity contribution in [1.82, 2.24) is 0 Å². The van der Waals surface area contributed by atoms with Gasteiger partial charge in [0, 0.05) is 6.21 Å². The monoisotopic (exact) mass is 197 g/mol. The molecule has 0 atom stereocenters. The first-order valence-corrected chi connectivity index (χ1v) is 5.32. The summed E-state index contributed by atoms with van der Waals surface area (Å²) in [6.45, 7) is 3.48. The summed E-state index contributed by atoms with van der Waals surface area (Å²) in [5.74, 6) is 0. The van der Waals surface area contributed by atoms with Gasteiger partial charge in [0.15, 0.2) is 0 Å². The molecule has 1 rings (SSSR count). The molecule has 0 N–H and O–H groups in total. The standard InChI is InChI=1S/C9H11NO2S/c1-3-10-13(11,12)9-6-4-8(2)5-7-9/h3-7H,1-2H3. The Morgan fingerprint density at radius 1 is 1.23 bits per heavy atom. The highest BCUT2D eigenvalue weighted by Crippen LogP contribution is 2.12. The summed E-state index contributed by atoms with van der Waals surface area (Å²) in [5.41, 5.74) is 1.03. The summed E-state index contributed by atoms with van der Waals surface area (Å²) in [5, 5.41) is 0. The highest BCUT2D eigenvalue weighted by Gasteiger charge is 2.09. The number of aryl methyl sites for hydroxylation is 1. The number of hydrogen-bond donors (Lipinski definition) is 0. The van der Waals surface area contributed by atoms with Crippen molar-refractivity contribution in [2.24, 2.45) is 4.40 Å². The molecule has 0 aliphatic rings. The van der Waals surface area contributed by atoms with E-state index in [1.54, 1.807) is 31.2 Å². The molecule has 70 valence electrons. The fourth-order valence-corrected chi connectivity index (χ4v) is 1.79. The van der Waals surface area contributed by atoms with E-state index in [2.05, 4.69) is 4.40 Å². The first kappa shape index (κ1) is 9.92. The maximum absolute atomic E-state index is 11.3. The molecule has 0 saturated heterocycles. The summed E-state index contributed by atoms with van der Waals surface area (Å²) in [6, 6.07) is 6.60. The predicted octanol–water partition coefficient (Wildman–Crippen LogP) is 1.77. The fraction of sp³-hybridized carbons (Fsp3) is 0.222. The lowest BCUT2D eigenvalue weighted by atomic mass is 10.2. The minimum atomic E-state index is -3.46. The van der Waals surface area contributed by atoms with Gasteiger partial charge in [-0.25, -0.2) is 0 Å². The lowest BCUT2D eigenvalue weighted by molar-refractivity contribution is 0.598. The Hall–Kier alpha value is -1.16. The molecule has 0 unspecified atom stereocenters. The Morgan fingerprint density at radius 2 is 1.77 bits per heavy atom. The molecule has 4 heteroatoms. The normalized spacial score (nSPS) is 12.2. The van der Waals surface area contributed by atoms with Crippen LogP contribution in [-0.4, -0.2) is 14.6 Å². The molecule has 3 nitrogen and oxygen atoms in total. The average Bonchev–Trinajstić information content (AvgIpc) is 2.05. The fourth-order valence-electron chi connectivity index (χ4n) is 0.910. The lowest BCUT2D eigenvalue weighted by Crippen LogP contribution is -1.96. The maximum atomic E-state index is 11.3. The maximum Gasteiger partial charge on any atom is 0.281 e. The van der Waals surface area contributed by atoms with Gasteiger partial charge in [-0.2, -0.15) is 12.8 Å². The van der Waals surface area contributed by atoms with Crippen molar-refractivity contribution in [3.8, 4) is 0 Å². The van der Waals surface area contributed by atoms with Crippen molar-refractivity contribution in [3.63, 3.8) is 0 Å². The second-order valence-corrected chi connectivity index (χ2v) is 4.28. The Bertz CT molecular complexity index is 404. The molecule has 0 bridgehead atoms. The Kier molecular flexibility index (Phi) is 2.83. The van der Waals surface area contributed by atoms with Gasteiger partial charge in [-0.1, -0.05) is 17.7 Å². The van der Waals surface area contributed by atoms with Crippen LogP contribution in [0.3, 0.4) is 0 Å². The summed E-state index contributed by atoms with van der Waals surface area (Å²) in [7, 11) is -3.46. The van der Waals surface area contributed by atoms with E-state index < -0.39 is 10.0 Å². The van der Waals surface area contributed by atoms with Crippen LogP contribution in [0.4, 0.5) is 0 Å². The number of benzene rings is 1. The first-order chi connectivity index (χ1) is 6.06. The van der Waals surface area contributed by atoms with E-state index in [-0.39, 0.29) is 4.90 Å². The van der Waals surface area contributed by atoms with Crippen molar-refractivity contribution in [2.45, 2.75) is 18.7 Å². The number of hydrogen-bond acceptors (Lipinski definition) is 2. The zero-order valence-corrected chi connectivity index (χ0v) is 8.38. The van der Waals surface area contributed by atoms with Gasteiger partial charge in [0.2, 0.25) is 0 Å². The minimum Gasteiger partial charge on any atom is -0.199 e. The highest BCUT2D eigenvalue weighted by molar-refractivity contribution is 7.90. The van der Waals surface area contributed by atoms with Gasteiger partial charge in [0.25, 0.3) is 10.0 Å². The Morgan fingerprint density at radius 3 is 2.23 bits per heavy atom. The van der Waals surface area contributed by atoms with E-state index in [1.807, 2.05) is 6.92 Å². The van der Waals surface area contributed by atoms with Crippen molar-refractivity contribution in [1.29, 1.82) is 0 Å². The SMILES string of the molecule is CC=NS(=O)(=O)c1ccc(C)cc1. The molecule has 0 radical (unpaired) electrons. The van der Waals surface area contributed by atoms with Crippen LogP contribution in [0, 0.1) is 6.92 Å². The van der Waals surface area contributed by atoms with Gasteiger partial charge in [0.1, 0.15) is 0 Å². The molecular weight excluding hydrogens is 186 g/mol. The van der Waals surface area contributed by atoms with Crippen molar-refractivity contribution < 1.29 is 8.42 Å². The van der Waals surface area contributed by atoms with E-state index in [0.29, 0.717) is 0 Å². The summed E-state index contributed by atoms with van der Waals surface area (Å²) < 4.78 is 26.1. The lowest BCUT2D eigenvalue weighted by Gasteiger charge is -1.97. The number of nitrogens with zero attached hydrogens (tertiary/aromatic N) is 1. The minimum absolute atomic E-state index is 0.233. The van der Waals surface area contributed by atoms with E-state index >= 15 is 0 Å². The van der Waals surface area contributed by atoms with Crippen LogP contribution in [-0.2, 0) is 10.0 Å². The van der Waals surface area contributed by atoms with Crippen molar-refractivity contribution in [3.05, 3.63) is 29.8 Å². The quantitative estimate of drug-likeness (QED) is 0.678. The van der Waals surface area contributed by atoms with Crippen LogP contribution >= 0.6 is 0 Å². The Labute approximate surface area is 78.2 Å². The van der Waals surface area contributed by atoms with Crippen LogP contribution in [0.25, 0.3) is 0 Å². The zero-order valence-electron chi connectivity index (χ0n) is 7.56. The molecule has 1 aromatic rings. The highest BCUT2D eigenvalue weighted by atomic mass is 32.2. The molecule has 13 heavy (non-hydrogen) atoms.